The molecule has 0 aromatic carbocycles. The maximum atomic E-state index is 12.0. The van der Waals surface area contributed by atoms with E-state index in [0.717, 1.165) is 6.33 Å². The lowest BCUT2D eigenvalue weighted by molar-refractivity contribution is -0.0503. The van der Waals surface area contributed by atoms with Gasteiger partial charge in [-0.15, -0.1) is 0 Å². The van der Waals surface area contributed by atoms with Gasteiger partial charge in [-0.2, -0.15) is 8.62 Å². The number of nitrogen functional groups attached to an aromatic ring is 1. The zero-order chi connectivity index (χ0) is 26.0. The van der Waals surface area contributed by atoms with E-state index in [9.17, 15) is 38.6 Å². The van der Waals surface area contributed by atoms with Gasteiger partial charge in [-0.25, -0.2) is 33.7 Å². The zero-order valence-corrected chi connectivity index (χ0v) is 19.7. The van der Waals surface area contributed by atoms with Crippen molar-refractivity contribution in [1.82, 2.24) is 24.6 Å². The molecule has 3 heterocycles. The normalized spacial score (nSPS) is 27.6. The topological polar surface area (TPSA) is 320 Å². The van der Waals surface area contributed by atoms with E-state index in [0.29, 0.717) is 0 Å². The Labute approximate surface area is 193 Å². The van der Waals surface area contributed by atoms with Gasteiger partial charge in [0, 0.05) is 4.91 Å². The molecule has 8 N–H and O–H groups in total. The molecule has 21 nitrogen and oxygen atoms in total. The highest BCUT2D eigenvalue weighted by Gasteiger charge is 2.47. The molecule has 0 bridgehead atoms. The second kappa shape index (κ2) is 10.5. The van der Waals surface area contributed by atoms with Crippen LogP contribution in [0.3, 0.4) is 0 Å². The van der Waals surface area contributed by atoms with Crippen LogP contribution in [-0.4, -0.2) is 76.0 Å². The average molecular weight is 561 g/mol. The van der Waals surface area contributed by atoms with Gasteiger partial charge in [0.2, 0.25) is 0 Å². The van der Waals surface area contributed by atoms with Crippen LogP contribution in [0, 0.1) is 0 Å². The first-order chi connectivity index (χ1) is 16.3. The fraction of sp³-hybridized carbons (Fsp3) is 0.545. The van der Waals surface area contributed by atoms with E-state index in [1.807, 2.05) is 0 Å². The van der Waals surface area contributed by atoms with Crippen LogP contribution in [-0.2, 0) is 31.6 Å². The van der Waals surface area contributed by atoms with Gasteiger partial charge in [0.15, 0.2) is 17.7 Å². The lowest BCUT2D eigenvalue weighted by atomic mass is 10.1. The number of nitrogens with two attached hydrogens (primary N) is 1. The molecule has 1 saturated heterocycles. The standard InChI is InChI=1S/C11H18N9O12P3/c12-9-6-10(15-2-14-9)20(4-16-6)11-8(22)7(21)5(30-11)1-29-34(25,26)32-35(27,28)31-33(23,24)18-3-17-19-13/h2,4-5,7-8,11,21-22H,1,3H2,(H,25,26)(H,27,28)(H2,12,14,15)(H2,18,23,24)/t5-,7+,8?,11-/m1/s1. The third-order valence-corrected chi connectivity index (χ3v) is 8.60. The molecule has 0 amide bonds. The van der Waals surface area contributed by atoms with Crippen LogP contribution >= 0.6 is 23.4 Å². The minimum Gasteiger partial charge on any atom is -0.387 e. The van der Waals surface area contributed by atoms with Crippen molar-refractivity contribution in [1.29, 1.82) is 0 Å². The maximum absolute atomic E-state index is 12.0. The molecule has 4 unspecified atom stereocenters. The second-order valence-corrected chi connectivity index (χ2v) is 11.4. The number of nitrogens with one attached hydrogen (secondary N) is 1. The minimum atomic E-state index is -5.70. The van der Waals surface area contributed by atoms with Gasteiger partial charge in [-0.1, -0.05) is 5.11 Å². The molecule has 3 rings (SSSR count). The monoisotopic (exact) mass is 561 g/mol. The molecule has 2 aromatic heterocycles. The van der Waals surface area contributed by atoms with Crippen LogP contribution in [0.2, 0.25) is 0 Å². The molecule has 194 valence electrons. The fourth-order valence-corrected chi connectivity index (χ4v) is 6.36. The number of ether oxygens (including phenoxy) is 1. The van der Waals surface area contributed by atoms with Gasteiger partial charge in [-0.3, -0.25) is 9.09 Å². The SMILES string of the molecule is [N-]=[N+]=NCNP(=O)(O)OP(=O)(O)OP(=O)(O)OC[C@H]1O[C@@H](n2cnc3c(N)ncnc32)C(O)[C@H]1O. The van der Waals surface area contributed by atoms with Gasteiger partial charge < -0.3 is 35.4 Å². The molecule has 2 aromatic rings. The number of aromatic nitrogens is 4. The predicted octanol–water partition coefficient (Wildman–Crippen LogP) is -0.764. The first-order valence-electron chi connectivity index (χ1n) is 9.01. The Kier molecular flexibility index (Phi) is 8.27. The van der Waals surface area contributed by atoms with Gasteiger partial charge in [-0.05, 0) is 5.53 Å². The van der Waals surface area contributed by atoms with E-state index >= 15 is 0 Å². The van der Waals surface area contributed by atoms with Crippen molar-refractivity contribution in [3.05, 3.63) is 23.1 Å². The Bertz CT molecular complexity index is 1270. The number of imidazole rings is 1. The number of aliphatic hydroxyl groups excluding tert-OH is 2. The first-order valence-corrected chi connectivity index (χ1v) is 13.6. The molecular weight excluding hydrogens is 543 g/mol. The Hall–Kier alpha value is -2.05. The van der Waals surface area contributed by atoms with Crippen LogP contribution in [0.15, 0.2) is 17.8 Å². The molecule has 1 fully saturated rings. The number of rotatable bonds is 11. The lowest BCUT2D eigenvalue weighted by Gasteiger charge is -2.20. The van der Waals surface area contributed by atoms with E-state index < -0.39 is 61.2 Å². The zero-order valence-electron chi connectivity index (χ0n) is 17.0. The number of aliphatic hydroxyl groups is 2. The van der Waals surface area contributed by atoms with E-state index in [-0.39, 0.29) is 17.0 Å². The molecule has 24 heteroatoms. The minimum absolute atomic E-state index is 0.0381. The van der Waals surface area contributed by atoms with Gasteiger partial charge in [0.1, 0.15) is 30.2 Å². The summed E-state index contributed by atoms with van der Waals surface area (Å²) in [5.74, 6) is 0.0381. The number of anilines is 1. The highest BCUT2D eigenvalue weighted by Crippen LogP contribution is 2.66. The van der Waals surface area contributed by atoms with Crippen molar-refractivity contribution >= 4 is 40.4 Å². The number of phosphoric acid groups is 2. The lowest BCUT2D eigenvalue weighted by Crippen LogP contribution is -2.33. The van der Waals surface area contributed by atoms with Crippen LogP contribution in [0.1, 0.15) is 6.23 Å². The summed E-state index contributed by atoms with van der Waals surface area (Å²) in [4.78, 5) is 42.5. The molecular formula is C11H18N9O12P3. The molecule has 35 heavy (non-hydrogen) atoms. The highest BCUT2D eigenvalue weighted by atomic mass is 31.3. The summed E-state index contributed by atoms with van der Waals surface area (Å²) < 4.78 is 54.4. The van der Waals surface area contributed by atoms with Crippen molar-refractivity contribution in [3.63, 3.8) is 0 Å². The van der Waals surface area contributed by atoms with Crippen molar-refractivity contribution in [2.75, 3.05) is 19.0 Å². The van der Waals surface area contributed by atoms with Crippen LogP contribution in [0.5, 0.6) is 0 Å². The second-order valence-electron chi connectivity index (χ2n) is 6.59. The summed E-state index contributed by atoms with van der Waals surface area (Å²) in [5, 5.41) is 25.0. The number of hydrogen-bond acceptors (Lipinski definition) is 14. The number of fused-ring (bicyclic) bond motifs is 1. The van der Waals surface area contributed by atoms with Crippen molar-refractivity contribution < 1.29 is 56.5 Å². The molecule has 0 radical (unpaired) electrons. The van der Waals surface area contributed by atoms with Crippen LogP contribution in [0.4, 0.5) is 5.82 Å². The van der Waals surface area contributed by atoms with Crippen molar-refractivity contribution in [3.8, 4) is 0 Å². The summed E-state index contributed by atoms with van der Waals surface area (Å²) in [7, 11) is -16.3. The maximum Gasteiger partial charge on any atom is 0.489 e. The van der Waals surface area contributed by atoms with Gasteiger partial charge in [0.05, 0.1) is 19.6 Å². The molecule has 0 saturated carbocycles. The Morgan fingerprint density at radius 2 is 1.89 bits per heavy atom. The third-order valence-electron chi connectivity index (χ3n) is 4.23. The molecule has 1 aliphatic rings. The molecule has 7 atom stereocenters. The van der Waals surface area contributed by atoms with E-state index in [1.54, 1.807) is 5.09 Å². The predicted molar refractivity (Wildman–Crippen MR) is 110 cm³/mol. The largest absolute Gasteiger partial charge is 0.489 e. The number of nitrogens with zero attached hydrogens (tertiary/aromatic N) is 7. The number of hydrogen-bond donors (Lipinski definition) is 7. The highest BCUT2D eigenvalue weighted by molar-refractivity contribution is 7.67. The summed E-state index contributed by atoms with van der Waals surface area (Å²) in [6, 6.07) is 0. The first kappa shape index (κ1) is 27.5. The number of azide groups is 1. The average Bonchev–Trinajstić information content (AvgIpc) is 3.27. The quantitative estimate of drug-likeness (QED) is 0.0766. The van der Waals surface area contributed by atoms with E-state index in [4.69, 9.17) is 16.0 Å². The Balaban J connectivity index is 1.63. The Morgan fingerprint density at radius 3 is 2.57 bits per heavy atom. The third kappa shape index (κ3) is 6.79. The van der Waals surface area contributed by atoms with Gasteiger partial charge in [0.25, 0.3) is 0 Å². The van der Waals surface area contributed by atoms with Crippen molar-refractivity contribution in [2.45, 2.75) is 24.5 Å². The van der Waals surface area contributed by atoms with Crippen LogP contribution < -0.4 is 10.8 Å². The van der Waals surface area contributed by atoms with E-state index in [1.165, 1.54) is 10.9 Å². The molecule has 0 spiro atoms. The summed E-state index contributed by atoms with van der Waals surface area (Å²) in [6.07, 6.45) is -3.74. The number of phosphoric ester groups is 1. The van der Waals surface area contributed by atoms with E-state index in [2.05, 4.69) is 38.1 Å². The molecule has 0 aliphatic carbocycles. The van der Waals surface area contributed by atoms with Crippen molar-refractivity contribution in [2.24, 2.45) is 5.11 Å². The summed E-state index contributed by atoms with van der Waals surface area (Å²) >= 11 is 0. The van der Waals surface area contributed by atoms with Gasteiger partial charge >= 0.3 is 23.4 Å². The smallest absolute Gasteiger partial charge is 0.387 e. The fourth-order valence-electron chi connectivity index (χ4n) is 2.81. The summed E-state index contributed by atoms with van der Waals surface area (Å²) in [6.45, 7) is -1.79. The van der Waals surface area contributed by atoms with Crippen LogP contribution in [0.25, 0.3) is 21.6 Å². The molecule has 1 aliphatic heterocycles. The summed E-state index contributed by atoms with van der Waals surface area (Å²) in [5.41, 5.74) is 14.1. The Morgan fingerprint density at radius 1 is 1.17 bits per heavy atom.